The summed E-state index contributed by atoms with van der Waals surface area (Å²) in [7, 11) is 2.07. The van der Waals surface area contributed by atoms with Crippen molar-refractivity contribution in [2.75, 3.05) is 33.2 Å². The van der Waals surface area contributed by atoms with E-state index >= 15 is 0 Å². The molecule has 0 aliphatic carbocycles. The lowest BCUT2D eigenvalue weighted by atomic mass is 10.0. The molecule has 0 N–H and O–H groups in total. The van der Waals surface area contributed by atoms with Gasteiger partial charge in [-0.3, -0.25) is 19.3 Å². The van der Waals surface area contributed by atoms with Crippen molar-refractivity contribution in [3.05, 3.63) is 77.9 Å². The molecule has 0 radical (unpaired) electrons. The molecule has 1 amide bonds. The van der Waals surface area contributed by atoms with Gasteiger partial charge in [-0.1, -0.05) is 12.1 Å². The molecule has 178 valence electrons. The van der Waals surface area contributed by atoms with Crippen LogP contribution < -0.4 is 0 Å². The zero-order valence-corrected chi connectivity index (χ0v) is 20.0. The number of benzene rings is 1. The number of carbonyl (C=O) groups excluding carboxylic acids is 2. The first-order chi connectivity index (χ1) is 17.0. The lowest BCUT2D eigenvalue weighted by Crippen LogP contribution is -2.48. The van der Waals surface area contributed by atoms with Crippen molar-refractivity contribution >= 4 is 22.6 Å². The van der Waals surface area contributed by atoms with Gasteiger partial charge in [0.15, 0.2) is 5.78 Å². The average molecular weight is 469 g/mol. The van der Waals surface area contributed by atoms with E-state index in [1.165, 1.54) is 0 Å². The molecule has 1 fully saturated rings. The Balaban J connectivity index is 1.28. The normalized spacial score (nSPS) is 14.4. The van der Waals surface area contributed by atoms with Crippen molar-refractivity contribution in [3.8, 4) is 11.3 Å². The second kappa shape index (κ2) is 9.76. The summed E-state index contributed by atoms with van der Waals surface area (Å²) in [5, 5.41) is 5.46. The second-order valence-electron chi connectivity index (χ2n) is 9.10. The fourth-order valence-corrected chi connectivity index (χ4v) is 4.36. The number of amides is 1. The van der Waals surface area contributed by atoms with Crippen LogP contribution in [0.2, 0.25) is 0 Å². The molecule has 35 heavy (non-hydrogen) atoms. The highest BCUT2D eigenvalue weighted by Gasteiger charge is 2.20. The summed E-state index contributed by atoms with van der Waals surface area (Å²) in [6, 6.07) is 13.2. The van der Waals surface area contributed by atoms with E-state index in [1.807, 2.05) is 54.4 Å². The first-order valence-electron chi connectivity index (χ1n) is 11.8. The Kier molecular flexibility index (Phi) is 6.37. The van der Waals surface area contributed by atoms with Gasteiger partial charge in [-0.25, -0.2) is 4.98 Å². The van der Waals surface area contributed by atoms with Gasteiger partial charge in [0.05, 0.1) is 11.2 Å². The molecule has 8 heteroatoms. The number of aromatic nitrogens is 4. The maximum absolute atomic E-state index is 13.0. The number of pyridine rings is 2. The number of ketones is 1. The Morgan fingerprint density at radius 2 is 1.86 bits per heavy atom. The van der Waals surface area contributed by atoms with Gasteiger partial charge in [0.25, 0.3) is 0 Å². The maximum Gasteiger partial charge on any atom is 0.244 e. The Morgan fingerprint density at radius 3 is 2.66 bits per heavy atom. The van der Waals surface area contributed by atoms with E-state index < -0.39 is 0 Å². The number of hydrogen-bond acceptors (Lipinski definition) is 6. The molecule has 0 unspecified atom stereocenters. The number of Topliss-reactive ketones (excluding diaryl/α,β-unsaturated/α-hetero) is 1. The fraction of sp³-hybridized carbons (Fsp3) is 0.296. The molecule has 5 rings (SSSR count). The summed E-state index contributed by atoms with van der Waals surface area (Å²) in [5.74, 6) is 0.0292. The number of rotatable bonds is 6. The molecule has 8 nitrogen and oxygen atoms in total. The molecule has 1 aliphatic heterocycles. The smallest absolute Gasteiger partial charge is 0.244 e. The van der Waals surface area contributed by atoms with Gasteiger partial charge >= 0.3 is 0 Å². The highest BCUT2D eigenvalue weighted by atomic mass is 16.2. The number of nitrogens with zero attached hydrogens (tertiary/aromatic N) is 6. The van der Waals surface area contributed by atoms with E-state index in [9.17, 15) is 9.59 Å². The summed E-state index contributed by atoms with van der Waals surface area (Å²) in [6.07, 6.45) is 5.63. The van der Waals surface area contributed by atoms with Gasteiger partial charge in [-0.15, -0.1) is 0 Å². The highest BCUT2D eigenvalue weighted by Crippen LogP contribution is 2.21. The minimum absolute atomic E-state index is 0.0506. The summed E-state index contributed by atoms with van der Waals surface area (Å²) in [6.45, 7) is 5.50. The molecule has 0 saturated carbocycles. The monoisotopic (exact) mass is 468 g/mol. The molecular weight excluding hydrogens is 440 g/mol. The summed E-state index contributed by atoms with van der Waals surface area (Å²) < 4.78 is 1.69. The van der Waals surface area contributed by atoms with Crippen LogP contribution in [0.3, 0.4) is 0 Å². The Morgan fingerprint density at radius 1 is 1.03 bits per heavy atom. The van der Waals surface area contributed by atoms with Crippen LogP contribution in [0.4, 0.5) is 0 Å². The van der Waals surface area contributed by atoms with Crippen LogP contribution >= 0.6 is 0 Å². The number of likely N-dealkylation sites (N-methyl/N-ethyl adjacent to an activating group) is 1. The predicted octanol–water partition coefficient (Wildman–Crippen LogP) is 3.00. The quantitative estimate of drug-likeness (QED) is 0.405. The summed E-state index contributed by atoms with van der Waals surface area (Å²) in [5.41, 5.74) is 4.84. The SMILES string of the molecule is Cc1ccncc1-c1cccc(C(=O)Cc2ccc3nn(CC(=O)N4CCN(C)CC4)cc3c2)n1. The standard InChI is InChI=1S/C27H28N6O2/c1-19-8-9-28-16-22(19)24-4-3-5-25(29-24)26(34)15-20-6-7-23-21(14-20)17-33(30-23)18-27(35)32-12-10-31(2)11-13-32/h3-9,14,16-17H,10-13,15,18H2,1-2H3. The first kappa shape index (κ1) is 22.9. The minimum atomic E-state index is -0.0506. The molecule has 1 aliphatic rings. The predicted molar refractivity (Wildman–Crippen MR) is 134 cm³/mol. The van der Waals surface area contributed by atoms with E-state index in [2.05, 4.69) is 27.0 Å². The Bertz CT molecular complexity index is 1390. The first-order valence-corrected chi connectivity index (χ1v) is 11.8. The molecule has 0 spiro atoms. The van der Waals surface area contributed by atoms with Crippen LogP contribution in [0, 0.1) is 6.92 Å². The van der Waals surface area contributed by atoms with Crippen molar-refractivity contribution in [3.63, 3.8) is 0 Å². The fourth-order valence-electron chi connectivity index (χ4n) is 4.36. The molecule has 3 aromatic heterocycles. The number of carbonyl (C=O) groups is 2. The van der Waals surface area contributed by atoms with Crippen LogP contribution in [-0.4, -0.2) is 74.5 Å². The molecular formula is C27H28N6O2. The Labute approximate surface area is 204 Å². The van der Waals surface area contributed by atoms with Crippen LogP contribution in [-0.2, 0) is 17.8 Å². The van der Waals surface area contributed by atoms with Crippen molar-refractivity contribution in [2.24, 2.45) is 0 Å². The number of hydrogen-bond donors (Lipinski definition) is 0. The zero-order valence-electron chi connectivity index (χ0n) is 20.0. The number of aryl methyl sites for hydroxylation is 1. The zero-order chi connectivity index (χ0) is 24.4. The van der Waals surface area contributed by atoms with Crippen LogP contribution in [0.15, 0.2) is 61.1 Å². The molecule has 0 bridgehead atoms. The van der Waals surface area contributed by atoms with E-state index in [4.69, 9.17) is 0 Å². The van der Waals surface area contributed by atoms with Gasteiger partial charge in [-0.05, 0) is 55.4 Å². The van der Waals surface area contributed by atoms with Crippen molar-refractivity contribution in [2.45, 2.75) is 19.9 Å². The minimum Gasteiger partial charge on any atom is -0.339 e. The molecule has 4 heterocycles. The van der Waals surface area contributed by atoms with Crippen molar-refractivity contribution in [1.82, 2.24) is 29.5 Å². The Hall–Kier alpha value is -3.91. The lowest BCUT2D eigenvalue weighted by molar-refractivity contribution is -0.133. The van der Waals surface area contributed by atoms with E-state index in [0.717, 1.165) is 59.5 Å². The average Bonchev–Trinajstić information content (AvgIpc) is 3.26. The lowest BCUT2D eigenvalue weighted by Gasteiger charge is -2.32. The topological polar surface area (TPSA) is 84.2 Å². The summed E-state index contributed by atoms with van der Waals surface area (Å²) in [4.78, 5) is 38.6. The van der Waals surface area contributed by atoms with Crippen LogP contribution in [0.5, 0.6) is 0 Å². The van der Waals surface area contributed by atoms with Crippen molar-refractivity contribution < 1.29 is 9.59 Å². The van der Waals surface area contributed by atoms with Gasteiger partial charge in [0, 0.05) is 62.1 Å². The van der Waals surface area contributed by atoms with E-state index in [0.29, 0.717) is 5.69 Å². The number of piperazine rings is 1. The van der Waals surface area contributed by atoms with E-state index in [-0.39, 0.29) is 24.7 Å². The van der Waals surface area contributed by atoms with Crippen molar-refractivity contribution in [1.29, 1.82) is 0 Å². The largest absolute Gasteiger partial charge is 0.339 e. The third kappa shape index (κ3) is 5.12. The van der Waals surface area contributed by atoms with Gasteiger partial charge in [0.2, 0.25) is 5.91 Å². The molecule has 4 aromatic rings. The molecule has 1 saturated heterocycles. The molecule has 1 aromatic carbocycles. The summed E-state index contributed by atoms with van der Waals surface area (Å²) >= 11 is 0. The van der Waals surface area contributed by atoms with Crippen LogP contribution in [0.25, 0.3) is 22.2 Å². The third-order valence-corrected chi connectivity index (χ3v) is 6.48. The second-order valence-corrected chi connectivity index (χ2v) is 9.10. The van der Waals surface area contributed by atoms with Crippen LogP contribution in [0.1, 0.15) is 21.6 Å². The number of fused-ring (bicyclic) bond motifs is 1. The van der Waals surface area contributed by atoms with Gasteiger partial charge in [-0.2, -0.15) is 5.10 Å². The molecule has 0 atom stereocenters. The highest BCUT2D eigenvalue weighted by molar-refractivity contribution is 5.96. The van der Waals surface area contributed by atoms with E-state index in [1.54, 1.807) is 23.1 Å². The van der Waals surface area contributed by atoms with Gasteiger partial charge < -0.3 is 9.80 Å². The van der Waals surface area contributed by atoms with Gasteiger partial charge in [0.1, 0.15) is 12.2 Å². The third-order valence-electron chi connectivity index (χ3n) is 6.48. The maximum atomic E-state index is 13.0.